The number of rotatable bonds is 23. The second-order valence-electron chi connectivity index (χ2n) is 30.9. The van der Waals surface area contributed by atoms with E-state index in [1.165, 1.54) is 107 Å². The van der Waals surface area contributed by atoms with Crippen molar-refractivity contribution in [1.82, 2.24) is 55.5 Å². The Morgan fingerprint density at radius 3 is 1.19 bits per heavy atom. The average Bonchev–Trinajstić information content (AvgIpc) is 1.63. The average molecular weight is 1830 g/mol. The van der Waals surface area contributed by atoms with Crippen molar-refractivity contribution in [2.24, 2.45) is 25.9 Å². The molecule has 10 aromatic carbocycles. The number of nitro benzene ring substituents is 1. The predicted octanol–water partition coefficient (Wildman–Crippen LogP) is 19.4. The lowest BCUT2D eigenvalue weighted by Crippen LogP contribution is -2.35. The van der Waals surface area contributed by atoms with Gasteiger partial charge < -0.3 is 55.8 Å². The molecule has 3 fully saturated rings. The van der Waals surface area contributed by atoms with Gasteiger partial charge in [0.25, 0.3) is 0 Å². The monoisotopic (exact) mass is 1830 g/mol. The highest BCUT2D eigenvalue weighted by atomic mass is 19.2. The van der Waals surface area contributed by atoms with Crippen LogP contribution < -0.4 is 50.7 Å². The number of nitro groups is 1. The number of nitrogens with one attached hydrogen (secondary N) is 7. The number of aromatic nitrogens is 10. The van der Waals surface area contributed by atoms with Crippen molar-refractivity contribution in [3.05, 3.63) is 276 Å². The van der Waals surface area contributed by atoms with Crippen LogP contribution in [0.3, 0.4) is 0 Å². The smallest absolute Gasteiger partial charge is 0.305 e. The second kappa shape index (κ2) is 41.2. The Bertz CT molecular complexity index is 7120. The van der Waals surface area contributed by atoms with Gasteiger partial charge in [-0.25, -0.2) is 39.5 Å². The standard InChI is InChI=1S/C21H20F2N4O3.C21H19F2N3O2.C20H17F2N3O2.C17H13F2N3O3.C17H15F2N3O/c1-30-20-6-11(2-4-14(20)22)3-5-16-13-8-18(15(23)9-17(13)27-26-16)25-21(29)19-7-12(28)10-24-19;1-28-20-8-12(4-6-15(20)22)5-7-17-14-10-19(16(23)11-18(14)26-25-17)24-21(27)9-13-2-3-13;1-27-19-7-3-11(8-15(19)22)2-6-16-13-9-18(23-20(26)12-4-5-12)14(21)10-17(13)25-24-16;1-21-15-9-12(18)16(22(23)24)8-11(15)14(20-21)5-3-10-4-6-17(25-2)13(19)7-10;1-22-16-9-12(18)14(20)8-11(16)15(21-22)5-3-10-4-6-17(23-2)13(19)7-10/h2-6,8-9,12,19,24,28H,7,10H2,1H3,(H,25,29)(H,26,27);4-8,10-11,13H,2-3,9H2,1H3,(H,24,27)(H,25,26);2-3,6-10,12H,4-5H2,1H3,(H,23,26)(H,24,25);3-9H,1-2H3;3-9H,20H2,1-2H3/b5-3+;7-5+;6-2+;2*5-3+/t12-,19+;;;;/m1..../s1. The Hall–Kier alpha value is -15.9. The maximum atomic E-state index is 14.4. The van der Waals surface area contributed by atoms with Gasteiger partial charge in [0.2, 0.25) is 23.5 Å². The largest absolute Gasteiger partial charge is 0.494 e. The molecule has 0 spiro atoms. The van der Waals surface area contributed by atoms with E-state index in [0.717, 1.165) is 48.8 Å². The summed E-state index contributed by atoms with van der Waals surface area (Å²) in [6.07, 6.45) is 20.9. The molecule has 1 saturated heterocycles. The molecule has 15 aromatic rings. The molecular weight excluding hydrogens is 1740 g/mol. The molecule has 10 N–H and O–H groups in total. The summed E-state index contributed by atoms with van der Waals surface area (Å²) in [5.41, 5.74) is 13.9. The van der Waals surface area contributed by atoms with E-state index in [4.69, 9.17) is 29.4 Å². The Kier molecular flexibility index (Phi) is 28.9. The topological polar surface area (TPSA) is 357 Å². The summed E-state index contributed by atoms with van der Waals surface area (Å²) in [7, 11) is 10.3. The van der Waals surface area contributed by atoms with Crippen molar-refractivity contribution in [1.29, 1.82) is 0 Å². The zero-order valence-corrected chi connectivity index (χ0v) is 71.9. The number of aryl methyl sites for hydroxylation is 2. The highest BCUT2D eigenvalue weighted by Gasteiger charge is 2.32. The van der Waals surface area contributed by atoms with Gasteiger partial charge in [-0.3, -0.25) is 49.2 Å². The Morgan fingerprint density at radius 1 is 0.436 bits per heavy atom. The number of hydrogen-bond acceptors (Lipinski definition) is 18. The number of fused-ring (bicyclic) bond motifs is 5. The van der Waals surface area contributed by atoms with Gasteiger partial charge in [0.05, 0.1) is 131 Å². The fraction of sp³-hybridized carbons (Fsp3) is 0.188. The molecule has 2 saturated carbocycles. The van der Waals surface area contributed by atoms with Crippen LogP contribution in [0.2, 0.25) is 0 Å². The van der Waals surface area contributed by atoms with Gasteiger partial charge in [0, 0.05) is 96.3 Å². The van der Waals surface area contributed by atoms with Crippen molar-refractivity contribution >= 4 is 161 Å². The third-order valence-corrected chi connectivity index (χ3v) is 21.6. The number of carbonyl (C=O) groups is 3. The quantitative estimate of drug-likeness (QED) is 0.0124. The lowest BCUT2D eigenvalue weighted by Gasteiger charge is -2.12. The molecule has 0 bridgehead atoms. The molecule has 6 heterocycles. The normalized spacial score (nSPS) is 14.2. The fourth-order valence-corrected chi connectivity index (χ4v) is 14.1. The SMILES string of the molecule is COc1cc(/C=C/c2n[nH]c3cc(F)c(NC(=O)CC4CC4)cc23)ccc1F.COc1cc(/C=C/c2n[nH]c3cc(F)c(NC(=O)[C@@H]4C[C@@H](O)CN4)cc23)ccc1F.COc1ccc(/C=C/c2n[nH]c3cc(F)c(NC(=O)C4CC4)cc23)cc1F.COc1ccc(/C=C/c2nn(C)c3cc(F)c(N)cc23)cc1F.COc1ccc(/C=C/c2nn(C)c3cc(F)c([N+](=O)[O-])cc23)cc1F. The zero-order valence-electron chi connectivity index (χ0n) is 71.9. The molecule has 3 amide bonds. The van der Waals surface area contributed by atoms with Crippen LogP contribution in [-0.4, -0.2) is 132 Å². The van der Waals surface area contributed by atoms with Crippen LogP contribution in [0.1, 0.15) is 94.8 Å². The molecule has 27 nitrogen and oxygen atoms in total. The van der Waals surface area contributed by atoms with Gasteiger partial charge in [-0.05, 0) is 181 Å². The second-order valence-corrected chi connectivity index (χ2v) is 30.9. The minimum Gasteiger partial charge on any atom is -0.494 e. The zero-order chi connectivity index (χ0) is 94.6. The van der Waals surface area contributed by atoms with Crippen LogP contribution in [0.5, 0.6) is 28.7 Å². The van der Waals surface area contributed by atoms with Gasteiger partial charge in [-0.15, -0.1) is 0 Å². The van der Waals surface area contributed by atoms with Crippen molar-refractivity contribution in [2.75, 3.05) is 63.8 Å². The van der Waals surface area contributed by atoms with E-state index >= 15 is 0 Å². The number of carbonyl (C=O) groups excluding carboxylic acids is 3. The van der Waals surface area contributed by atoms with E-state index in [2.05, 4.69) is 62.1 Å². The van der Waals surface area contributed by atoms with Crippen LogP contribution in [0.25, 0.3) is 115 Å². The lowest BCUT2D eigenvalue weighted by molar-refractivity contribution is -0.387. The number of aliphatic hydroxyl groups is 1. The molecule has 0 unspecified atom stereocenters. The number of nitrogens with two attached hydrogens (primary N) is 1. The third kappa shape index (κ3) is 22.7. The Morgan fingerprint density at radius 2 is 0.812 bits per heavy atom. The van der Waals surface area contributed by atoms with Gasteiger partial charge in [0.15, 0.2) is 57.8 Å². The minimum atomic E-state index is -0.923. The molecule has 1 aliphatic heterocycles. The first kappa shape index (κ1) is 93.2. The summed E-state index contributed by atoms with van der Waals surface area (Å²) >= 11 is 0. The molecule has 0 radical (unpaired) electrons. The van der Waals surface area contributed by atoms with Gasteiger partial charge >= 0.3 is 5.69 Å². The van der Waals surface area contributed by atoms with E-state index in [1.807, 2.05) is 0 Å². The van der Waals surface area contributed by atoms with Crippen LogP contribution in [0, 0.1) is 80.1 Å². The Labute approximate surface area is 750 Å². The number of H-pyrrole nitrogens is 3. The van der Waals surface area contributed by atoms with E-state index in [9.17, 15) is 73.5 Å². The van der Waals surface area contributed by atoms with E-state index in [1.54, 1.807) is 152 Å². The van der Waals surface area contributed by atoms with Gasteiger partial charge in [0.1, 0.15) is 23.3 Å². The van der Waals surface area contributed by atoms with Crippen molar-refractivity contribution in [3.63, 3.8) is 0 Å². The number of nitrogen functional groups attached to an aromatic ring is 1. The summed E-state index contributed by atoms with van der Waals surface area (Å²) < 4.78 is 166. The number of halogens is 10. The van der Waals surface area contributed by atoms with E-state index in [0.29, 0.717) is 119 Å². The highest BCUT2D eigenvalue weighted by Crippen LogP contribution is 2.37. The number of benzene rings is 10. The van der Waals surface area contributed by atoms with Gasteiger partial charge in [-0.2, -0.15) is 29.9 Å². The number of anilines is 4. The maximum absolute atomic E-state index is 14.4. The first-order chi connectivity index (χ1) is 63.9. The van der Waals surface area contributed by atoms with E-state index in [-0.39, 0.29) is 75.7 Å². The molecule has 2 atom stereocenters. The number of aromatic amines is 3. The summed E-state index contributed by atoms with van der Waals surface area (Å²) in [6.45, 7) is 0.324. The number of aliphatic hydroxyl groups excluding tert-OH is 1. The summed E-state index contributed by atoms with van der Waals surface area (Å²) in [5.74, 6) is -4.93. The molecule has 5 aromatic heterocycles. The number of hydrogen-bond donors (Lipinski definition) is 9. The number of methoxy groups -OCH3 is 5. The Balaban J connectivity index is 0.000000134. The molecule has 684 valence electrons. The van der Waals surface area contributed by atoms with Crippen LogP contribution in [0.15, 0.2) is 152 Å². The van der Waals surface area contributed by atoms with Crippen molar-refractivity contribution in [2.45, 2.75) is 50.7 Å². The predicted molar refractivity (Wildman–Crippen MR) is 488 cm³/mol. The summed E-state index contributed by atoms with van der Waals surface area (Å²) in [6, 6.07) is 35.7. The van der Waals surface area contributed by atoms with E-state index < -0.39 is 86.8 Å². The van der Waals surface area contributed by atoms with Crippen molar-refractivity contribution < 1.29 is 92.0 Å². The first-order valence-electron chi connectivity index (χ1n) is 41.1. The fourth-order valence-electron chi connectivity index (χ4n) is 14.1. The molecule has 18 rings (SSSR count). The number of amides is 3. The molecule has 3 aliphatic rings. The third-order valence-electron chi connectivity index (χ3n) is 21.6. The minimum absolute atomic E-state index is 0.0196. The van der Waals surface area contributed by atoms with Crippen LogP contribution in [-0.2, 0) is 28.5 Å². The lowest BCUT2D eigenvalue weighted by atomic mass is 10.1. The first-order valence-corrected chi connectivity index (χ1v) is 41.1. The summed E-state index contributed by atoms with van der Waals surface area (Å²) in [4.78, 5) is 46.4. The molecule has 133 heavy (non-hydrogen) atoms. The van der Waals surface area contributed by atoms with Gasteiger partial charge in [-0.1, -0.05) is 60.7 Å². The maximum Gasteiger partial charge on any atom is 0.305 e. The highest BCUT2D eigenvalue weighted by molar-refractivity contribution is 6.02. The number of nitrogens with zero attached hydrogens (tertiary/aromatic N) is 8. The van der Waals surface area contributed by atoms with Crippen LogP contribution >= 0.6 is 0 Å². The molecular formula is C96H84F10N16O11. The number of ether oxygens (including phenoxy) is 5. The molecule has 37 heteroatoms. The number of β-amino-alcohol motifs (C(OH)–C–C–N with tert-alkyl or cyclic N) is 1. The summed E-state index contributed by atoms with van der Waals surface area (Å²) in [5, 5.41) is 63.7. The van der Waals surface area contributed by atoms with Crippen LogP contribution in [0.4, 0.5) is 72.3 Å². The van der Waals surface area contributed by atoms with Crippen molar-refractivity contribution in [3.8, 4) is 28.7 Å². The molecule has 2 aliphatic carbocycles.